The van der Waals surface area contributed by atoms with Gasteiger partial charge in [-0.3, -0.25) is 19.3 Å². The highest BCUT2D eigenvalue weighted by atomic mass is 16.3. The van der Waals surface area contributed by atoms with E-state index in [1.54, 1.807) is 25.1 Å². The van der Waals surface area contributed by atoms with E-state index >= 15 is 0 Å². The summed E-state index contributed by atoms with van der Waals surface area (Å²) < 4.78 is 0. The number of hydrogen-bond acceptors (Lipinski definition) is 9. The zero-order valence-electron chi connectivity index (χ0n) is 23.0. The number of rotatable bonds is 4. The fraction of sp³-hybridized carbons (Fsp3) is 0.552. The van der Waals surface area contributed by atoms with Crippen LogP contribution in [-0.2, 0) is 20.8 Å². The van der Waals surface area contributed by atoms with Crippen LogP contribution in [0.5, 0.6) is 5.75 Å². The topological polar surface area (TPSA) is 151 Å². The molecule has 0 bridgehead atoms. The van der Waals surface area contributed by atoms with Gasteiger partial charge in [-0.1, -0.05) is 12.8 Å². The van der Waals surface area contributed by atoms with E-state index in [4.69, 9.17) is 0 Å². The van der Waals surface area contributed by atoms with Crippen molar-refractivity contribution in [3.63, 3.8) is 0 Å². The van der Waals surface area contributed by atoms with Crippen LogP contribution in [-0.4, -0.2) is 88.2 Å². The monoisotopic (exact) mass is 539 g/mol. The van der Waals surface area contributed by atoms with Crippen molar-refractivity contribution in [3.05, 3.63) is 40.2 Å². The first-order valence-electron chi connectivity index (χ1n) is 13.4. The van der Waals surface area contributed by atoms with Gasteiger partial charge in [-0.25, -0.2) is 0 Å². The predicted molar refractivity (Wildman–Crippen MR) is 144 cm³/mol. The molecule has 0 saturated heterocycles. The van der Waals surface area contributed by atoms with E-state index in [9.17, 15) is 34.8 Å². The van der Waals surface area contributed by atoms with Crippen molar-refractivity contribution in [1.29, 1.82) is 0 Å². The maximum atomic E-state index is 14.1. The summed E-state index contributed by atoms with van der Waals surface area (Å²) in [5, 5.41) is 48.2. The largest absolute Gasteiger partial charge is 0.508 e. The van der Waals surface area contributed by atoms with Crippen LogP contribution in [0.15, 0.2) is 29.0 Å². The van der Waals surface area contributed by atoms with Gasteiger partial charge in [-0.15, -0.1) is 0 Å². The predicted octanol–water partition coefficient (Wildman–Crippen LogP) is 1.99. The first kappa shape index (κ1) is 27.2. The molecule has 5 rings (SSSR count). The van der Waals surface area contributed by atoms with Crippen molar-refractivity contribution in [2.75, 3.05) is 33.1 Å². The summed E-state index contributed by atoms with van der Waals surface area (Å²) in [7, 11) is 6.92. The zero-order valence-corrected chi connectivity index (χ0v) is 23.0. The summed E-state index contributed by atoms with van der Waals surface area (Å²) in [6.45, 7) is 1.87. The third-order valence-corrected chi connectivity index (χ3v) is 9.16. The number of aliphatic hydroxyl groups is 3. The molecule has 0 unspecified atom stereocenters. The van der Waals surface area contributed by atoms with E-state index in [0.717, 1.165) is 18.5 Å². The first-order chi connectivity index (χ1) is 18.2. The molecular weight excluding hydrogens is 502 g/mol. The average molecular weight is 540 g/mol. The van der Waals surface area contributed by atoms with E-state index in [1.165, 1.54) is 6.07 Å². The molecule has 10 heteroatoms. The molecule has 0 radical (unpaired) electrons. The fourth-order valence-electron chi connectivity index (χ4n) is 7.24. The number of amides is 1. The van der Waals surface area contributed by atoms with Crippen molar-refractivity contribution in [1.82, 2.24) is 10.2 Å². The number of hydrogen-bond donors (Lipinski definition) is 5. The number of carbonyl (C=O) groups excluding carboxylic acids is 3. The Hall–Kier alpha value is -3.37. The lowest BCUT2D eigenvalue weighted by Gasteiger charge is -2.50. The number of ketones is 2. The van der Waals surface area contributed by atoms with Gasteiger partial charge in [-0.2, -0.15) is 0 Å². The number of aromatic hydroxyl groups is 1. The van der Waals surface area contributed by atoms with Crippen LogP contribution in [0.1, 0.15) is 50.2 Å². The molecule has 0 aromatic heterocycles. The quantitative estimate of drug-likeness (QED) is 0.362. The average Bonchev–Trinajstić information content (AvgIpc) is 3.26. The fourth-order valence-corrected chi connectivity index (χ4v) is 7.24. The Bertz CT molecular complexity index is 1340. The molecule has 39 heavy (non-hydrogen) atoms. The van der Waals surface area contributed by atoms with Crippen LogP contribution in [0.4, 0.5) is 5.69 Å². The summed E-state index contributed by atoms with van der Waals surface area (Å²) in [4.78, 5) is 44.7. The Morgan fingerprint density at radius 2 is 1.69 bits per heavy atom. The van der Waals surface area contributed by atoms with Crippen LogP contribution in [0.2, 0.25) is 0 Å². The van der Waals surface area contributed by atoms with E-state index in [0.29, 0.717) is 18.4 Å². The van der Waals surface area contributed by atoms with E-state index in [2.05, 4.69) is 5.32 Å². The van der Waals surface area contributed by atoms with Crippen LogP contribution >= 0.6 is 0 Å². The van der Waals surface area contributed by atoms with Gasteiger partial charge in [-0.05, 0) is 70.3 Å². The number of Topliss-reactive ketones (excluding diaryl/α,β-unsaturated/α-hetero) is 2. The lowest BCUT2D eigenvalue weighted by Crippen LogP contribution is -2.66. The number of aliphatic hydroxyl groups excluding tert-OH is 2. The molecule has 0 spiro atoms. The number of nitrogens with one attached hydrogen (secondary N) is 1. The maximum absolute atomic E-state index is 14.1. The highest BCUT2D eigenvalue weighted by Crippen LogP contribution is 2.53. The van der Waals surface area contributed by atoms with Gasteiger partial charge in [0.1, 0.15) is 22.8 Å². The van der Waals surface area contributed by atoms with Gasteiger partial charge in [0.25, 0.3) is 5.91 Å². The van der Waals surface area contributed by atoms with Gasteiger partial charge in [0, 0.05) is 36.8 Å². The number of likely N-dealkylation sites (N-methyl/N-ethyl adjacent to an activating group) is 1. The molecule has 0 aliphatic heterocycles. The smallest absolute Gasteiger partial charge is 0.258 e. The standard InChI is InChI=1S/C29H37N3O7/c1-28(10-6-7-11-28)30-27(38)21-24(35)22(32(4)5)16-13-14-12-15-17(31(2)3)8-9-18(33)20(15)23(34)19(14)25(36)29(16,39)26(21)37/h8-9,14,16,22,33-34,37,39H,6-7,10-13H2,1-5H3,(H,30,38)/t14-,16-,22-,29-/m1/s1. The first-order valence-corrected chi connectivity index (χ1v) is 13.4. The summed E-state index contributed by atoms with van der Waals surface area (Å²) in [5.41, 5.74) is -2.39. The van der Waals surface area contributed by atoms with E-state index < -0.39 is 63.6 Å². The summed E-state index contributed by atoms with van der Waals surface area (Å²) in [5.74, 6) is -5.73. The second-order valence-electron chi connectivity index (χ2n) is 12.2. The van der Waals surface area contributed by atoms with Crippen molar-refractivity contribution < 1.29 is 34.8 Å². The number of carbonyl (C=O) groups is 3. The van der Waals surface area contributed by atoms with Crippen LogP contribution in [0.3, 0.4) is 0 Å². The summed E-state index contributed by atoms with van der Waals surface area (Å²) in [6, 6.07) is 2.10. The maximum Gasteiger partial charge on any atom is 0.258 e. The Morgan fingerprint density at radius 1 is 1.05 bits per heavy atom. The minimum Gasteiger partial charge on any atom is -0.508 e. The van der Waals surface area contributed by atoms with E-state index in [-0.39, 0.29) is 29.7 Å². The third kappa shape index (κ3) is 3.87. The molecule has 1 aromatic rings. The SMILES string of the molecule is CN(C)c1ccc(O)c2c1C[C@@H]1C[C@@H]3[C@@H](N(C)C)C(=O)C(C(=O)NC4(C)CCCC4)=C(O)[C@]3(O)C(=O)C1=C2O. The van der Waals surface area contributed by atoms with Crippen LogP contribution in [0.25, 0.3) is 5.76 Å². The Kier molecular flexibility index (Phi) is 6.34. The highest BCUT2D eigenvalue weighted by Gasteiger charge is 2.64. The molecule has 1 amide bonds. The Balaban J connectivity index is 1.67. The number of anilines is 1. The third-order valence-electron chi connectivity index (χ3n) is 9.16. The molecule has 4 aliphatic carbocycles. The number of benzene rings is 1. The number of phenolic OH excluding ortho intramolecular Hbond substituents is 1. The van der Waals surface area contributed by atoms with E-state index in [1.807, 2.05) is 25.9 Å². The van der Waals surface area contributed by atoms with Crippen LogP contribution < -0.4 is 10.2 Å². The molecule has 210 valence electrons. The lowest BCUT2D eigenvalue weighted by molar-refractivity contribution is -0.153. The Morgan fingerprint density at radius 3 is 2.28 bits per heavy atom. The highest BCUT2D eigenvalue weighted by molar-refractivity contribution is 6.25. The molecule has 0 heterocycles. The number of fused-ring (bicyclic) bond motifs is 3. The number of nitrogens with zero attached hydrogens (tertiary/aromatic N) is 2. The van der Waals surface area contributed by atoms with Gasteiger partial charge in [0.15, 0.2) is 11.4 Å². The van der Waals surface area contributed by atoms with Gasteiger partial charge in [0.05, 0.1) is 11.6 Å². The van der Waals surface area contributed by atoms with Crippen molar-refractivity contribution in [2.45, 2.75) is 62.6 Å². The molecule has 2 saturated carbocycles. The Labute approximate surface area is 227 Å². The van der Waals surface area contributed by atoms with Gasteiger partial charge < -0.3 is 30.6 Å². The second kappa shape index (κ2) is 9.09. The molecule has 10 nitrogen and oxygen atoms in total. The molecule has 4 atom stereocenters. The zero-order chi connectivity index (χ0) is 28.6. The summed E-state index contributed by atoms with van der Waals surface area (Å²) >= 11 is 0. The molecule has 5 N–H and O–H groups in total. The van der Waals surface area contributed by atoms with Gasteiger partial charge in [0.2, 0.25) is 5.78 Å². The van der Waals surface area contributed by atoms with Crippen LogP contribution in [0, 0.1) is 11.8 Å². The normalized spacial score (nSPS) is 29.8. The molecule has 1 aromatic carbocycles. The van der Waals surface area contributed by atoms with Gasteiger partial charge >= 0.3 is 0 Å². The molecule has 2 fully saturated rings. The summed E-state index contributed by atoms with van der Waals surface area (Å²) in [6.07, 6.45) is 3.63. The molecule has 4 aliphatic rings. The van der Waals surface area contributed by atoms with Crippen molar-refractivity contribution in [2.24, 2.45) is 11.8 Å². The van der Waals surface area contributed by atoms with Crippen molar-refractivity contribution >= 4 is 28.9 Å². The lowest BCUT2D eigenvalue weighted by atomic mass is 9.57. The second-order valence-corrected chi connectivity index (χ2v) is 12.2. The minimum absolute atomic E-state index is 0.0921. The number of phenols is 1. The van der Waals surface area contributed by atoms with Crippen molar-refractivity contribution in [3.8, 4) is 5.75 Å². The minimum atomic E-state index is -2.60. The molecular formula is C29H37N3O7.